The summed E-state index contributed by atoms with van der Waals surface area (Å²) in [5.41, 5.74) is 5.57. The van der Waals surface area contributed by atoms with Crippen LogP contribution in [-0.2, 0) is 44.0 Å². The van der Waals surface area contributed by atoms with Crippen molar-refractivity contribution in [2.24, 2.45) is 92.5 Å². The maximum atomic E-state index is 12.6. The molecule has 24 atom stereocenters. The fourth-order valence-corrected chi connectivity index (χ4v) is 20.1. The first-order valence-corrected chi connectivity index (χ1v) is 33.9. The van der Waals surface area contributed by atoms with Gasteiger partial charge < -0.3 is 51.0 Å². The highest BCUT2D eigenvalue weighted by atomic mass is 32.2. The van der Waals surface area contributed by atoms with Gasteiger partial charge in [0, 0.05) is 32.5 Å². The predicted octanol–water partition coefficient (Wildman–Crippen LogP) is 6.06. The minimum absolute atomic E-state index is 0.00213. The molecule has 0 radical (unpaired) electrons. The largest absolute Gasteiger partial charge is 0.393 e. The molecule has 1 heterocycles. The number of fused-ring (bicyclic) bond motifs is 8. The van der Waals surface area contributed by atoms with Gasteiger partial charge in [0.2, 0.25) is 11.8 Å². The lowest BCUT2D eigenvalue weighted by Crippen LogP contribution is -2.60. The highest BCUT2D eigenvalue weighted by Crippen LogP contribution is 2.69. The smallest absolute Gasteiger partial charge is 0.266 e. The van der Waals surface area contributed by atoms with Gasteiger partial charge in [0.1, 0.15) is 30.0 Å². The maximum absolute atomic E-state index is 12.6. The summed E-state index contributed by atoms with van der Waals surface area (Å²) < 4.78 is 82.4. The third-order valence-corrected chi connectivity index (χ3v) is 25.5. The molecule has 1 saturated heterocycles. The molecule has 7 aliphatic carbocycles. The van der Waals surface area contributed by atoms with Crippen LogP contribution in [0.4, 0.5) is 0 Å². The van der Waals surface area contributed by atoms with Gasteiger partial charge in [-0.3, -0.25) is 18.7 Å². The average molecular weight is 1160 g/mol. The molecule has 2 amide bonds. The van der Waals surface area contributed by atoms with E-state index in [1.54, 1.807) is 0 Å². The molecular weight excluding hydrogens is 1050 g/mol. The number of hydrogen-bond donors (Lipinski definition) is 9. The van der Waals surface area contributed by atoms with Crippen molar-refractivity contribution in [2.75, 3.05) is 37.7 Å². The Morgan fingerprint density at radius 3 is 1.81 bits per heavy atom. The lowest BCUT2D eigenvalue weighted by Gasteiger charge is -2.63. The number of carbonyl (C=O) groups excluding carboxylic acids is 2. The van der Waals surface area contributed by atoms with Crippen LogP contribution in [0, 0.1) is 86.8 Å². The Kier molecular flexibility index (Phi) is 19.6. The van der Waals surface area contributed by atoms with Crippen molar-refractivity contribution in [3.63, 3.8) is 0 Å². The van der Waals surface area contributed by atoms with E-state index in [0.717, 1.165) is 83.5 Å². The van der Waals surface area contributed by atoms with Crippen molar-refractivity contribution in [2.45, 2.75) is 232 Å². The molecule has 0 aromatic heterocycles. The summed E-state index contributed by atoms with van der Waals surface area (Å²) >= 11 is 0. The summed E-state index contributed by atoms with van der Waals surface area (Å²) in [7, 11) is -8.27. The lowest BCUT2D eigenvalue weighted by molar-refractivity contribution is -0.213. The van der Waals surface area contributed by atoms with E-state index < -0.39 is 74.0 Å². The number of ether oxygens (including phenoxy) is 3. The first-order chi connectivity index (χ1) is 36.8. The molecule has 0 bridgehead atoms. The first-order valence-electron chi connectivity index (χ1n) is 30.7. The fraction of sp³-hybridized carbons (Fsp3) is 0.966. The summed E-state index contributed by atoms with van der Waals surface area (Å²) in [4.78, 5) is 25.0. The molecule has 4 unspecified atom stereocenters. The first kappa shape index (κ1) is 63.5. The Morgan fingerprint density at radius 2 is 1.22 bits per heavy atom. The van der Waals surface area contributed by atoms with Gasteiger partial charge in [0.25, 0.3) is 20.2 Å². The van der Waals surface area contributed by atoms with Gasteiger partial charge in [-0.25, -0.2) is 0 Å². The molecule has 8 rings (SSSR count). The van der Waals surface area contributed by atoms with Crippen LogP contribution in [0.2, 0.25) is 0 Å². The summed E-state index contributed by atoms with van der Waals surface area (Å²) in [5, 5.41) is 52.5. The second kappa shape index (κ2) is 24.4. The summed E-state index contributed by atoms with van der Waals surface area (Å²) in [6, 6.07) is 0. The Labute approximate surface area is 472 Å². The van der Waals surface area contributed by atoms with E-state index in [9.17, 15) is 46.9 Å². The molecule has 0 aromatic carbocycles. The molecule has 0 aromatic rings. The van der Waals surface area contributed by atoms with E-state index in [1.807, 2.05) is 6.92 Å². The van der Waals surface area contributed by atoms with Crippen molar-refractivity contribution in [1.29, 1.82) is 0 Å². The molecular formula is C59H103N3O15S2. The molecule has 8 fully saturated rings. The van der Waals surface area contributed by atoms with Gasteiger partial charge in [0.05, 0.1) is 42.5 Å². The van der Waals surface area contributed by atoms with E-state index in [4.69, 9.17) is 29.0 Å². The SMILES string of the molecule is C[C@@H](CCC(=O)NCCS(=O)(=O)O)C[C@@]1(C)CC[C@H]2[C@@H]([C@@H](O)CC3C[C@H](OC[C@H]4OC(C(C)(CN)O[C@@H]5CC[C@@]6(C)C(C5)C[C@H](O)[C@H]5[C@@H]7CC[C@H]([C@H](C)CCC(=O)NCCS(=O)(=O)O)[C@@]7(C)CC[C@@H]56)[C@H](O)[C@@H]4O)CC[C@@]32C)[C@@H]1C. The van der Waals surface area contributed by atoms with Gasteiger partial charge in [-0.1, -0.05) is 48.5 Å². The van der Waals surface area contributed by atoms with Gasteiger partial charge in [-0.15, -0.1) is 0 Å². The Bertz CT molecular complexity index is 2350. The van der Waals surface area contributed by atoms with E-state index >= 15 is 0 Å². The van der Waals surface area contributed by atoms with Crippen LogP contribution in [0.25, 0.3) is 0 Å². The van der Waals surface area contributed by atoms with E-state index in [-0.39, 0.29) is 114 Å². The van der Waals surface area contributed by atoms with E-state index in [0.29, 0.717) is 61.7 Å². The maximum Gasteiger partial charge on any atom is 0.266 e. The van der Waals surface area contributed by atoms with Crippen molar-refractivity contribution in [1.82, 2.24) is 10.6 Å². The molecule has 0 spiro atoms. The monoisotopic (exact) mass is 1160 g/mol. The summed E-state index contributed by atoms with van der Waals surface area (Å²) in [5.74, 6) is 1.83. The number of aliphatic hydroxyl groups is 4. The van der Waals surface area contributed by atoms with Crippen molar-refractivity contribution < 1.29 is 70.2 Å². The van der Waals surface area contributed by atoms with Crippen LogP contribution in [0.1, 0.15) is 177 Å². The van der Waals surface area contributed by atoms with E-state index in [2.05, 4.69) is 59.1 Å². The van der Waals surface area contributed by atoms with Crippen molar-refractivity contribution in [3.8, 4) is 0 Å². The number of carbonyl (C=O) groups is 2. The van der Waals surface area contributed by atoms with Crippen LogP contribution >= 0.6 is 0 Å². The van der Waals surface area contributed by atoms with Crippen LogP contribution in [0.3, 0.4) is 0 Å². The fourth-order valence-electron chi connectivity index (χ4n) is 19.4. The molecule has 10 N–H and O–H groups in total. The lowest BCUT2D eigenvalue weighted by atomic mass is 9.43. The van der Waals surface area contributed by atoms with Gasteiger partial charge in [0.15, 0.2) is 0 Å². The highest BCUT2D eigenvalue weighted by Gasteiger charge is 2.64. The Balaban J connectivity index is 0.805. The number of aliphatic hydroxyl groups excluding tert-OH is 4. The molecule has 20 heteroatoms. The normalized spacial score (nSPS) is 44.7. The average Bonchev–Trinajstić information content (AvgIpc) is 4.12. The zero-order chi connectivity index (χ0) is 57.8. The van der Waals surface area contributed by atoms with Gasteiger partial charge in [-0.2, -0.15) is 16.8 Å². The third kappa shape index (κ3) is 13.5. The number of rotatable bonds is 22. The number of amides is 2. The minimum atomic E-state index is -4.14. The molecule has 456 valence electrons. The molecule has 18 nitrogen and oxygen atoms in total. The van der Waals surface area contributed by atoms with Crippen molar-refractivity contribution >= 4 is 32.1 Å². The molecule has 7 saturated carbocycles. The van der Waals surface area contributed by atoms with Gasteiger partial charge in [-0.05, 0) is 203 Å². The van der Waals surface area contributed by atoms with Crippen molar-refractivity contribution in [3.05, 3.63) is 0 Å². The number of hydrogen-bond acceptors (Lipinski definition) is 14. The minimum Gasteiger partial charge on any atom is -0.393 e. The van der Waals surface area contributed by atoms with Crippen LogP contribution < -0.4 is 16.4 Å². The van der Waals surface area contributed by atoms with Crippen LogP contribution in [-0.4, -0.2) is 150 Å². The molecule has 1 aliphatic heterocycles. The van der Waals surface area contributed by atoms with Gasteiger partial charge >= 0.3 is 0 Å². The predicted molar refractivity (Wildman–Crippen MR) is 299 cm³/mol. The zero-order valence-corrected chi connectivity index (χ0v) is 50.5. The zero-order valence-electron chi connectivity index (χ0n) is 48.9. The molecule has 79 heavy (non-hydrogen) atoms. The topological polar surface area (TPSA) is 302 Å². The standard InChI is InChI=1S/C59H103N3O15S2/c1-34(9-13-48(65)61-23-25-78(69,70)71)31-55(4)19-17-43-50(36(55)3)45(63)29-37-27-39(15-20-56(37,43)5)75-32-47-52(67)53(68)54(76-47)59(8,33-60)77-40-16-21-57(6)38(28-40)30-46(64)51-42-12-11-41(58(42,7)22-18-44(51)57)35(2)10-14-49(66)62-24-26-79(72,73)74/h34-47,50-54,63-64,67-68H,9-33,60H2,1-8H3,(H,61,65)(H,62,66)(H,69,70,71)(H,72,73,74)/t34-,35+,36-,37?,38?,39+,40+,41+,42-,43-,44-,45-,46-,47+,50-,51-,52+,53+,54?,55+,56-,57-,58+,59?/m0/s1. The molecule has 8 aliphatic rings. The van der Waals surface area contributed by atoms with Crippen LogP contribution in [0.15, 0.2) is 0 Å². The highest BCUT2D eigenvalue weighted by molar-refractivity contribution is 7.86. The quantitative estimate of drug-likeness (QED) is 0.0556. The third-order valence-electron chi connectivity index (χ3n) is 24.0. The van der Waals surface area contributed by atoms with E-state index in [1.165, 1.54) is 0 Å². The second-order valence-electron chi connectivity index (χ2n) is 28.7. The number of nitrogens with one attached hydrogen (secondary N) is 2. The Hall–Kier alpha value is -1.56. The van der Waals surface area contributed by atoms with Crippen LogP contribution in [0.5, 0.6) is 0 Å². The number of nitrogens with two attached hydrogens (primary N) is 1. The Morgan fingerprint density at radius 1 is 0.696 bits per heavy atom. The second-order valence-corrected chi connectivity index (χ2v) is 31.8. The summed E-state index contributed by atoms with van der Waals surface area (Å²) in [6.07, 6.45) is 10.6. The summed E-state index contributed by atoms with van der Waals surface area (Å²) in [6.45, 7) is 18.2.